The number of nitro benzene ring substituents is 1. The van der Waals surface area contributed by atoms with Gasteiger partial charge in [0.25, 0.3) is 5.69 Å². The van der Waals surface area contributed by atoms with E-state index >= 15 is 0 Å². The van der Waals surface area contributed by atoms with Crippen LogP contribution in [0.15, 0.2) is 6.07 Å². The fourth-order valence-corrected chi connectivity index (χ4v) is 1.46. The highest BCUT2D eigenvalue weighted by Crippen LogP contribution is 2.36. The molecule has 1 aromatic rings. The molecule has 0 aromatic heterocycles. The van der Waals surface area contributed by atoms with Crippen molar-refractivity contribution in [2.24, 2.45) is 0 Å². The molecule has 0 radical (unpaired) electrons. The number of nitrogens with zero attached hydrogens (tertiary/aromatic N) is 1. The van der Waals surface area contributed by atoms with Crippen LogP contribution in [-0.4, -0.2) is 12.0 Å². The second kappa shape index (κ2) is 3.71. The largest absolute Gasteiger partial charge is 0.397 e. The Morgan fingerprint density at radius 1 is 1.64 bits per heavy atom. The summed E-state index contributed by atoms with van der Waals surface area (Å²) < 4.78 is 0. The van der Waals surface area contributed by atoms with E-state index in [9.17, 15) is 10.1 Å². The summed E-state index contributed by atoms with van der Waals surface area (Å²) in [7, 11) is 1.59. The van der Waals surface area contributed by atoms with Gasteiger partial charge in [0, 0.05) is 7.05 Å². The van der Waals surface area contributed by atoms with Gasteiger partial charge in [0.15, 0.2) is 0 Å². The molecule has 0 aliphatic rings. The van der Waals surface area contributed by atoms with Crippen LogP contribution in [0.1, 0.15) is 5.56 Å². The van der Waals surface area contributed by atoms with Crippen LogP contribution in [0.2, 0.25) is 5.02 Å². The summed E-state index contributed by atoms with van der Waals surface area (Å²) in [5.74, 6) is 0. The second-order valence-electron chi connectivity index (χ2n) is 2.80. The molecule has 0 amide bonds. The third-order valence-electron chi connectivity index (χ3n) is 1.99. The average molecular weight is 216 g/mol. The molecule has 0 atom stereocenters. The van der Waals surface area contributed by atoms with Crippen molar-refractivity contribution < 1.29 is 4.92 Å². The van der Waals surface area contributed by atoms with Gasteiger partial charge in [-0.2, -0.15) is 0 Å². The zero-order chi connectivity index (χ0) is 10.9. The molecule has 0 fully saturated rings. The molecule has 0 bridgehead atoms. The molecule has 0 saturated heterocycles. The first-order valence-corrected chi connectivity index (χ1v) is 4.27. The van der Waals surface area contributed by atoms with Crippen LogP contribution >= 0.6 is 11.6 Å². The van der Waals surface area contributed by atoms with E-state index in [0.717, 1.165) is 0 Å². The summed E-state index contributed by atoms with van der Waals surface area (Å²) in [5, 5.41) is 13.8. The maximum Gasteiger partial charge on any atom is 0.297 e. The Hall–Kier alpha value is -1.49. The summed E-state index contributed by atoms with van der Waals surface area (Å²) in [5.41, 5.74) is 6.54. The van der Waals surface area contributed by atoms with Gasteiger partial charge in [-0.15, -0.1) is 0 Å². The van der Waals surface area contributed by atoms with Crippen molar-refractivity contribution in [3.8, 4) is 0 Å². The number of nitrogen functional groups attached to an aromatic ring is 1. The van der Waals surface area contributed by atoms with E-state index in [1.807, 2.05) is 0 Å². The van der Waals surface area contributed by atoms with Crippen LogP contribution in [0, 0.1) is 17.0 Å². The first-order valence-electron chi connectivity index (χ1n) is 3.89. The molecule has 0 aliphatic heterocycles. The maximum atomic E-state index is 10.7. The Bertz CT molecular complexity index is 393. The topological polar surface area (TPSA) is 81.2 Å². The third-order valence-corrected chi connectivity index (χ3v) is 2.31. The van der Waals surface area contributed by atoms with E-state index in [0.29, 0.717) is 16.3 Å². The molecule has 6 heteroatoms. The Kier molecular flexibility index (Phi) is 2.81. The minimum Gasteiger partial charge on any atom is -0.397 e. The molecule has 0 unspecified atom stereocenters. The quantitative estimate of drug-likeness (QED) is 0.450. The number of nitrogens with two attached hydrogens (primary N) is 1. The van der Waals surface area contributed by atoms with Crippen LogP contribution in [-0.2, 0) is 0 Å². The van der Waals surface area contributed by atoms with Crippen LogP contribution in [0.4, 0.5) is 17.1 Å². The molecule has 0 saturated carbocycles. The van der Waals surface area contributed by atoms with Gasteiger partial charge in [0.2, 0.25) is 0 Å². The number of anilines is 2. The fraction of sp³-hybridized carbons (Fsp3) is 0.250. The molecule has 3 N–H and O–H groups in total. The Morgan fingerprint density at radius 3 is 2.64 bits per heavy atom. The highest BCUT2D eigenvalue weighted by Gasteiger charge is 2.20. The predicted molar refractivity (Wildman–Crippen MR) is 56.8 cm³/mol. The molecular weight excluding hydrogens is 206 g/mol. The van der Waals surface area contributed by atoms with E-state index in [1.54, 1.807) is 14.0 Å². The number of nitrogens with one attached hydrogen (secondary N) is 1. The summed E-state index contributed by atoms with van der Waals surface area (Å²) in [6, 6.07) is 1.45. The van der Waals surface area contributed by atoms with Gasteiger partial charge >= 0.3 is 0 Å². The van der Waals surface area contributed by atoms with Gasteiger partial charge in [-0.3, -0.25) is 10.1 Å². The Balaban J connectivity index is 3.53. The minimum absolute atomic E-state index is 0.0330. The van der Waals surface area contributed by atoms with E-state index in [2.05, 4.69) is 5.32 Å². The number of rotatable bonds is 2. The zero-order valence-corrected chi connectivity index (χ0v) is 8.55. The predicted octanol–water partition coefficient (Wildman–Crippen LogP) is 2.18. The van der Waals surface area contributed by atoms with Crippen LogP contribution in [0.5, 0.6) is 0 Å². The van der Waals surface area contributed by atoms with E-state index in [-0.39, 0.29) is 11.4 Å². The van der Waals surface area contributed by atoms with Crippen molar-refractivity contribution in [1.82, 2.24) is 0 Å². The number of hydrogen-bond acceptors (Lipinski definition) is 4. The highest BCUT2D eigenvalue weighted by molar-refractivity contribution is 6.33. The van der Waals surface area contributed by atoms with Gasteiger partial charge in [0.05, 0.1) is 21.2 Å². The van der Waals surface area contributed by atoms with Crippen molar-refractivity contribution in [3.05, 3.63) is 26.8 Å². The first kappa shape index (κ1) is 10.6. The number of nitro groups is 1. The zero-order valence-electron chi connectivity index (χ0n) is 7.80. The fourth-order valence-electron chi connectivity index (χ4n) is 1.21. The minimum atomic E-state index is -0.478. The molecule has 0 aliphatic carbocycles. The first-order chi connectivity index (χ1) is 6.49. The normalized spacial score (nSPS) is 9.93. The number of benzene rings is 1. The molecule has 0 heterocycles. The van der Waals surface area contributed by atoms with Gasteiger partial charge in [0.1, 0.15) is 5.69 Å². The van der Waals surface area contributed by atoms with Crippen LogP contribution in [0.25, 0.3) is 0 Å². The smallest absolute Gasteiger partial charge is 0.297 e. The molecule has 1 aromatic carbocycles. The highest BCUT2D eigenvalue weighted by atomic mass is 35.5. The Morgan fingerprint density at radius 2 is 2.21 bits per heavy atom. The Labute approximate surface area is 86.0 Å². The standard InChI is InChI=1S/C8H10ClN3O2/c1-4-7(10)5(9)3-6(11-2)8(4)12(13)14/h3,11H,10H2,1-2H3. The molecule has 1 rings (SSSR count). The van der Waals surface area contributed by atoms with E-state index in [1.165, 1.54) is 6.07 Å². The number of halogens is 1. The van der Waals surface area contributed by atoms with Gasteiger partial charge in [-0.05, 0) is 13.0 Å². The van der Waals surface area contributed by atoms with Crippen LogP contribution < -0.4 is 11.1 Å². The lowest BCUT2D eigenvalue weighted by molar-refractivity contribution is -0.384. The van der Waals surface area contributed by atoms with Gasteiger partial charge in [-0.25, -0.2) is 0 Å². The van der Waals surface area contributed by atoms with Crippen molar-refractivity contribution in [1.29, 1.82) is 0 Å². The van der Waals surface area contributed by atoms with Crippen molar-refractivity contribution in [2.75, 3.05) is 18.1 Å². The molecule has 14 heavy (non-hydrogen) atoms. The maximum absolute atomic E-state index is 10.7. The van der Waals surface area contributed by atoms with Crippen LogP contribution in [0.3, 0.4) is 0 Å². The van der Waals surface area contributed by atoms with Crippen molar-refractivity contribution >= 4 is 28.7 Å². The summed E-state index contributed by atoms with van der Waals surface area (Å²) in [6.07, 6.45) is 0. The SMILES string of the molecule is CNc1cc(Cl)c(N)c(C)c1[N+](=O)[O-]. The van der Waals surface area contributed by atoms with Gasteiger partial charge < -0.3 is 11.1 Å². The monoisotopic (exact) mass is 215 g/mol. The molecular formula is C8H10ClN3O2. The second-order valence-corrected chi connectivity index (χ2v) is 3.21. The lowest BCUT2D eigenvalue weighted by atomic mass is 10.1. The van der Waals surface area contributed by atoms with Gasteiger partial charge in [-0.1, -0.05) is 11.6 Å². The number of hydrogen-bond donors (Lipinski definition) is 2. The molecule has 5 nitrogen and oxygen atoms in total. The van der Waals surface area contributed by atoms with E-state index < -0.39 is 4.92 Å². The summed E-state index contributed by atoms with van der Waals surface area (Å²) in [4.78, 5) is 10.3. The third kappa shape index (κ3) is 1.58. The van der Waals surface area contributed by atoms with Crippen molar-refractivity contribution in [3.63, 3.8) is 0 Å². The average Bonchev–Trinajstić information content (AvgIpc) is 2.12. The lowest BCUT2D eigenvalue weighted by Gasteiger charge is -2.08. The van der Waals surface area contributed by atoms with E-state index in [4.69, 9.17) is 17.3 Å². The molecule has 76 valence electrons. The van der Waals surface area contributed by atoms with Crippen molar-refractivity contribution in [2.45, 2.75) is 6.92 Å². The molecule has 0 spiro atoms. The summed E-state index contributed by atoms with van der Waals surface area (Å²) in [6.45, 7) is 1.57. The summed E-state index contributed by atoms with van der Waals surface area (Å²) >= 11 is 5.79. The lowest BCUT2D eigenvalue weighted by Crippen LogP contribution is -2.02.